The van der Waals surface area contributed by atoms with Gasteiger partial charge in [-0.1, -0.05) is 31.2 Å². The van der Waals surface area contributed by atoms with Gasteiger partial charge in [-0.2, -0.15) is 14.3 Å². The molecule has 0 unspecified atom stereocenters. The Hall–Kier alpha value is -3.55. The Morgan fingerprint density at radius 3 is 2.75 bits per heavy atom. The molecule has 140 valence electrons. The maximum absolute atomic E-state index is 12.5. The zero-order valence-corrected chi connectivity index (χ0v) is 15.6. The van der Waals surface area contributed by atoms with Crippen molar-refractivity contribution in [3.8, 4) is 5.82 Å². The van der Waals surface area contributed by atoms with Crippen LogP contribution < -0.4 is 5.32 Å². The minimum absolute atomic E-state index is 0.0245. The summed E-state index contributed by atoms with van der Waals surface area (Å²) in [5.74, 6) is 1.22. The standard InChI is InChI=1S/C20H19N7O/c1-3-13-4-6-14(7-5-13)15-10-18(28)22-20-19(15)12(2)24-27(20)17-9-8-16-23-21-11-26(16)25-17/h4-9,11,15H,3,10H2,1-2H3,(H,22,28)/t15-/m1/s1. The van der Waals surface area contributed by atoms with E-state index in [9.17, 15) is 4.79 Å². The van der Waals surface area contributed by atoms with Gasteiger partial charge in [0, 0.05) is 17.9 Å². The van der Waals surface area contributed by atoms with Gasteiger partial charge in [0.25, 0.3) is 0 Å². The van der Waals surface area contributed by atoms with Gasteiger partial charge in [0.2, 0.25) is 5.91 Å². The number of benzene rings is 1. The van der Waals surface area contributed by atoms with E-state index in [4.69, 9.17) is 0 Å². The van der Waals surface area contributed by atoms with E-state index in [1.54, 1.807) is 9.20 Å². The van der Waals surface area contributed by atoms with Crippen LogP contribution in [0.25, 0.3) is 11.5 Å². The highest BCUT2D eigenvalue weighted by Crippen LogP contribution is 2.40. The second kappa shape index (κ2) is 6.26. The van der Waals surface area contributed by atoms with Crippen LogP contribution in [0, 0.1) is 6.92 Å². The molecule has 1 aliphatic heterocycles. The molecule has 0 saturated carbocycles. The molecule has 28 heavy (non-hydrogen) atoms. The first kappa shape index (κ1) is 16.6. The minimum Gasteiger partial charge on any atom is -0.310 e. The Kier molecular flexibility index (Phi) is 3.71. The summed E-state index contributed by atoms with van der Waals surface area (Å²) in [4.78, 5) is 12.5. The van der Waals surface area contributed by atoms with Crippen molar-refractivity contribution in [2.45, 2.75) is 32.6 Å². The lowest BCUT2D eigenvalue weighted by molar-refractivity contribution is -0.116. The SMILES string of the molecule is CCc1ccc([C@H]2CC(=O)Nc3c2c(C)nn3-c2ccc3nncn3n2)cc1. The van der Waals surface area contributed by atoms with Gasteiger partial charge in [0.05, 0.1) is 5.69 Å². The molecule has 0 radical (unpaired) electrons. The van der Waals surface area contributed by atoms with Crippen molar-refractivity contribution in [3.63, 3.8) is 0 Å². The Bertz CT molecular complexity index is 1190. The van der Waals surface area contributed by atoms with E-state index in [2.05, 4.69) is 56.9 Å². The quantitative estimate of drug-likeness (QED) is 0.596. The summed E-state index contributed by atoms with van der Waals surface area (Å²) in [5.41, 5.74) is 4.97. The highest BCUT2D eigenvalue weighted by Gasteiger charge is 2.32. The van der Waals surface area contributed by atoms with Gasteiger partial charge in [-0.25, -0.2) is 0 Å². The Morgan fingerprint density at radius 2 is 1.96 bits per heavy atom. The van der Waals surface area contributed by atoms with Crippen LogP contribution in [-0.2, 0) is 11.2 Å². The first-order valence-electron chi connectivity index (χ1n) is 9.29. The summed E-state index contributed by atoms with van der Waals surface area (Å²) in [6.07, 6.45) is 2.94. The molecule has 1 aromatic carbocycles. The van der Waals surface area contributed by atoms with E-state index in [-0.39, 0.29) is 11.8 Å². The number of anilines is 1. The maximum atomic E-state index is 12.5. The molecule has 4 aromatic rings. The second-order valence-corrected chi connectivity index (χ2v) is 6.98. The number of hydrogen-bond donors (Lipinski definition) is 1. The van der Waals surface area contributed by atoms with E-state index in [1.807, 2.05) is 19.1 Å². The normalized spacial score (nSPS) is 16.2. The van der Waals surface area contributed by atoms with Crippen LogP contribution in [0.1, 0.15) is 41.6 Å². The molecule has 1 aliphatic rings. The fourth-order valence-electron chi connectivity index (χ4n) is 3.81. The first-order chi connectivity index (χ1) is 13.6. The number of rotatable bonds is 3. The number of aryl methyl sites for hydroxylation is 2. The van der Waals surface area contributed by atoms with Crippen molar-refractivity contribution >= 4 is 17.4 Å². The molecule has 0 saturated heterocycles. The third-order valence-electron chi connectivity index (χ3n) is 5.26. The van der Waals surface area contributed by atoms with Gasteiger partial charge < -0.3 is 5.32 Å². The van der Waals surface area contributed by atoms with Crippen LogP contribution >= 0.6 is 0 Å². The zero-order valence-electron chi connectivity index (χ0n) is 15.6. The van der Waals surface area contributed by atoms with Gasteiger partial charge in [-0.15, -0.1) is 15.3 Å². The van der Waals surface area contributed by atoms with Crippen molar-refractivity contribution in [1.29, 1.82) is 0 Å². The topological polar surface area (TPSA) is 90.0 Å². The molecule has 0 spiro atoms. The van der Waals surface area contributed by atoms with E-state index in [0.29, 0.717) is 23.7 Å². The van der Waals surface area contributed by atoms with Crippen molar-refractivity contribution in [3.05, 3.63) is 65.1 Å². The number of carbonyl (C=O) groups is 1. The predicted octanol–water partition coefficient (Wildman–Crippen LogP) is 2.65. The monoisotopic (exact) mass is 373 g/mol. The summed E-state index contributed by atoms with van der Waals surface area (Å²) in [6.45, 7) is 4.10. The first-order valence-corrected chi connectivity index (χ1v) is 9.29. The Balaban J connectivity index is 1.64. The summed E-state index contributed by atoms with van der Waals surface area (Å²) >= 11 is 0. The summed E-state index contributed by atoms with van der Waals surface area (Å²) in [7, 11) is 0. The number of carbonyl (C=O) groups excluding carboxylic acids is 1. The molecule has 3 aromatic heterocycles. The van der Waals surface area contributed by atoms with Crippen LogP contribution in [-0.4, -0.2) is 35.5 Å². The van der Waals surface area contributed by atoms with Gasteiger partial charge in [0.1, 0.15) is 12.1 Å². The smallest absolute Gasteiger partial charge is 0.226 e. The number of nitrogens with zero attached hydrogens (tertiary/aromatic N) is 6. The van der Waals surface area contributed by atoms with Crippen LogP contribution in [0.15, 0.2) is 42.7 Å². The number of amides is 1. The molecule has 1 amide bonds. The number of nitrogens with one attached hydrogen (secondary N) is 1. The van der Waals surface area contributed by atoms with Crippen LogP contribution in [0.4, 0.5) is 5.82 Å². The average Bonchev–Trinajstić information content (AvgIpc) is 3.31. The fraction of sp³-hybridized carbons (Fsp3) is 0.250. The average molecular weight is 373 g/mol. The number of hydrogen-bond acceptors (Lipinski definition) is 5. The zero-order chi connectivity index (χ0) is 19.3. The van der Waals surface area contributed by atoms with Gasteiger partial charge in [-0.05, 0) is 36.6 Å². The lowest BCUT2D eigenvalue weighted by Crippen LogP contribution is -2.25. The lowest BCUT2D eigenvalue weighted by atomic mass is 9.85. The van der Waals surface area contributed by atoms with E-state index in [0.717, 1.165) is 23.2 Å². The third kappa shape index (κ3) is 2.57. The molecule has 8 nitrogen and oxygen atoms in total. The molecule has 4 heterocycles. The van der Waals surface area contributed by atoms with E-state index >= 15 is 0 Å². The van der Waals surface area contributed by atoms with Crippen LogP contribution in [0.5, 0.6) is 0 Å². The molecule has 1 N–H and O–H groups in total. The molecule has 0 aliphatic carbocycles. The maximum Gasteiger partial charge on any atom is 0.226 e. The van der Waals surface area contributed by atoms with Crippen LogP contribution in [0.2, 0.25) is 0 Å². The summed E-state index contributed by atoms with van der Waals surface area (Å²) in [6, 6.07) is 12.1. The number of aromatic nitrogens is 6. The molecule has 1 atom stereocenters. The van der Waals surface area contributed by atoms with Gasteiger partial charge >= 0.3 is 0 Å². The largest absolute Gasteiger partial charge is 0.310 e. The molecular weight excluding hydrogens is 354 g/mol. The van der Waals surface area contributed by atoms with Crippen molar-refractivity contribution in [1.82, 2.24) is 29.6 Å². The highest BCUT2D eigenvalue weighted by atomic mass is 16.1. The van der Waals surface area contributed by atoms with Crippen molar-refractivity contribution < 1.29 is 4.79 Å². The molecular formula is C20H19N7O. The molecule has 0 bridgehead atoms. The van der Waals surface area contributed by atoms with E-state index < -0.39 is 0 Å². The second-order valence-electron chi connectivity index (χ2n) is 6.98. The summed E-state index contributed by atoms with van der Waals surface area (Å²) in [5, 5.41) is 20.0. The van der Waals surface area contributed by atoms with E-state index in [1.165, 1.54) is 11.9 Å². The van der Waals surface area contributed by atoms with Crippen LogP contribution in [0.3, 0.4) is 0 Å². The van der Waals surface area contributed by atoms with Crippen molar-refractivity contribution in [2.75, 3.05) is 5.32 Å². The lowest BCUT2D eigenvalue weighted by Gasteiger charge is -2.24. The molecule has 0 fully saturated rings. The van der Waals surface area contributed by atoms with Gasteiger partial charge in [-0.3, -0.25) is 4.79 Å². The Labute approximate surface area is 161 Å². The molecule has 8 heteroatoms. The fourth-order valence-corrected chi connectivity index (χ4v) is 3.81. The molecule has 5 rings (SSSR count). The van der Waals surface area contributed by atoms with Crippen molar-refractivity contribution in [2.24, 2.45) is 0 Å². The third-order valence-corrected chi connectivity index (χ3v) is 5.26. The predicted molar refractivity (Wildman–Crippen MR) is 104 cm³/mol. The summed E-state index contributed by atoms with van der Waals surface area (Å²) < 4.78 is 3.28. The highest BCUT2D eigenvalue weighted by molar-refractivity contribution is 5.95. The Morgan fingerprint density at radius 1 is 1.14 bits per heavy atom. The number of fused-ring (bicyclic) bond motifs is 2. The minimum atomic E-state index is -0.0259. The van der Waals surface area contributed by atoms with Gasteiger partial charge in [0.15, 0.2) is 11.5 Å².